The molecule has 9 aromatic rings. The van der Waals surface area contributed by atoms with Gasteiger partial charge in [-0.05, 0) is 41.1 Å². The zero-order valence-corrected chi connectivity index (χ0v) is 27.0. The maximum absolute atomic E-state index is 6.42. The molecule has 47 heavy (non-hydrogen) atoms. The molecule has 0 fully saturated rings. The first-order valence-corrected chi connectivity index (χ1v) is 19.1. The fourth-order valence-electron chi connectivity index (χ4n) is 7.84. The highest BCUT2D eigenvalue weighted by molar-refractivity contribution is 7.03. The molecule has 4 nitrogen and oxygen atoms in total. The minimum absolute atomic E-state index is 0.771. The Hall–Kier alpha value is -5.78. The predicted octanol–water partition coefficient (Wildman–Crippen LogP) is 9.61. The fourth-order valence-corrected chi connectivity index (χ4v) is 10.8. The highest BCUT2D eigenvalue weighted by Gasteiger charge is 2.41. The number of aromatic nitrogens is 3. The van der Waals surface area contributed by atoms with Crippen LogP contribution >= 0.6 is 0 Å². The number of furan rings is 1. The van der Waals surface area contributed by atoms with Crippen LogP contribution in [-0.4, -0.2) is 22.6 Å². The van der Waals surface area contributed by atoms with Crippen LogP contribution < -0.4 is 10.5 Å². The maximum atomic E-state index is 6.42. The molecule has 222 valence electrons. The average molecular weight is 620 g/mol. The van der Waals surface area contributed by atoms with Gasteiger partial charge in [-0.2, -0.15) is 0 Å². The van der Waals surface area contributed by atoms with E-state index in [0.717, 1.165) is 61.3 Å². The van der Waals surface area contributed by atoms with Crippen molar-refractivity contribution in [2.45, 2.75) is 13.1 Å². The number of benzene rings is 6. The molecule has 1 aliphatic heterocycles. The van der Waals surface area contributed by atoms with Crippen molar-refractivity contribution < 1.29 is 4.42 Å². The van der Waals surface area contributed by atoms with Gasteiger partial charge in [-0.25, -0.2) is 9.97 Å². The lowest BCUT2D eigenvalue weighted by Gasteiger charge is -2.20. The molecule has 0 unspecified atom stereocenters. The Kier molecular flexibility index (Phi) is 5.41. The highest BCUT2D eigenvalue weighted by Crippen LogP contribution is 2.44. The van der Waals surface area contributed by atoms with Crippen molar-refractivity contribution in [1.82, 2.24) is 14.5 Å². The lowest BCUT2D eigenvalue weighted by Crippen LogP contribution is -2.50. The molecule has 6 aromatic carbocycles. The van der Waals surface area contributed by atoms with E-state index in [1.807, 2.05) is 12.1 Å². The molecule has 10 rings (SSSR count). The van der Waals surface area contributed by atoms with Crippen LogP contribution in [0.25, 0.3) is 83.2 Å². The van der Waals surface area contributed by atoms with Gasteiger partial charge >= 0.3 is 0 Å². The summed E-state index contributed by atoms with van der Waals surface area (Å²) in [4.78, 5) is 10.8. The second kappa shape index (κ2) is 9.61. The molecule has 5 heteroatoms. The Bertz CT molecular complexity index is 2720. The standard InChI is InChI=1S/C42H29N3OSi/c1-47(2)36-23-13-9-19-31(36)38-39(43-41(44-42(38)47)26-14-4-3-5-15-26)29-17-7-11-21-33(29)45-32-20-10-6-16-27(32)28-24-25-35-37(40(28)45)30-18-8-12-22-34(30)46-35/h3-25H,1-2H3. The van der Waals surface area contributed by atoms with Crippen LogP contribution in [-0.2, 0) is 0 Å². The highest BCUT2D eigenvalue weighted by atomic mass is 28.3. The number of rotatable bonds is 3. The Morgan fingerprint density at radius 1 is 0.574 bits per heavy atom. The molecule has 1 aliphatic rings. The zero-order chi connectivity index (χ0) is 31.3. The van der Waals surface area contributed by atoms with E-state index in [-0.39, 0.29) is 0 Å². The fraction of sp³-hybridized carbons (Fsp3) is 0.0476. The summed E-state index contributed by atoms with van der Waals surface area (Å²) >= 11 is 0. The molecule has 3 aromatic heterocycles. The van der Waals surface area contributed by atoms with Crippen LogP contribution in [0.4, 0.5) is 0 Å². The summed E-state index contributed by atoms with van der Waals surface area (Å²) in [5, 5.41) is 7.26. The molecule has 0 saturated carbocycles. The monoisotopic (exact) mass is 619 g/mol. The van der Waals surface area contributed by atoms with Crippen LogP contribution in [0.15, 0.2) is 144 Å². The van der Waals surface area contributed by atoms with E-state index >= 15 is 0 Å². The van der Waals surface area contributed by atoms with Gasteiger partial charge in [0.05, 0.1) is 27.8 Å². The van der Waals surface area contributed by atoms with E-state index in [1.54, 1.807) is 0 Å². The largest absolute Gasteiger partial charge is 0.456 e. The smallest absolute Gasteiger partial charge is 0.159 e. The minimum Gasteiger partial charge on any atom is -0.456 e. The van der Waals surface area contributed by atoms with Gasteiger partial charge in [-0.1, -0.05) is 122 Å². The molecule has 0 aliphatic carbocycles. The molecule has 0 bridgehead atoms. The van der Waals surface area contributed by atoms with E-state index in [1.165, 1.54) is 32.4 Å². The van der Waals surface area contributed by atoms with Crippen LogP contribution in [0, 0.1) is 0 Å². The van der Waals surface area contributed by atoms with Crippen LogP contribution in [0.1, 0.15) is 0 Å². The Labute approximate surface area is 272 Å². The van der Waals surface area contributed by atoms with Crippen molar-refractivity contribution in [1.29, 1.82) is 0 Å². The minimum atomic E-state index is -2.11. The van der Waals surface area contributed by atoms with E-state index < -0.39 is 8.07 Å². The van der Waals surface area contributed by atoms with E-state index in [9.17, 15) is 0 Å². The van der Waals surface area contributed by atoms with Gasteiger partial charge in [0.15, 0.2) is 5.82 Å². The van der Waals surface area contributed by atoms with Gasteiger partial charge in [0.25, 0.3) is 0 Å². The number of hydrogen-bond donors (Lipinski definition) is 0. The average Bonchev–Trinajstić information content (AvgIpc) is 3.74. The number of para-hydroxylation sites is 3. The SMILES string of the molecule is C[Si]1(C)c2ccccc2-c2c(-c3ccccc3-n3c4ccccc4c4ccc5oc6ccccc6c5c43)nc(-c3ccccc3)nc21. The Balaban J connectivity index is 1.37. The molecular formula is C42H29N3OSi. The predicted molar refractivity (Wildman–Crippen MR) is 197 cm³/mol. The molecular weight excluding hydrogens is 591 g/mol. The van der Waals surface area contributed by atoms with Gasteiger partial charge in [-0.3, -0.25) is 0 Å². The summed E-state index contributed by atoms with van der Waals surface area (Å²) in [7, 11) is -2.11. The zero-order valence-electron chi connectivity index (χ0n) is 26.0. The lowest BCUT2D eigenvalue weighted by atomic mass is 9.99. The third kappa shape index (κ3) is 3.63. The van der Waals surface area contributed by atoms with Crippen molar-refractivity contribution in [2.24, 2.45) is 0 Å². The third-order valence-corrected chi connectivity index (χ3v) is 13.3. The maximum Gasteiger partial charge on any atom is 0.159 e. The van der Waals surface area contributed by atoms with Crippen LogP contribution in [0.2, 0.25) is 13.1 Å². The van der Waals surface area contributed by atoms with Gasteiger partial charge in [0, 0.05) is 38.2 Å². The quantitative estimate of drug-likeness (QED) is 0.185. The van der Waals surface area contributed by atoms with E-state index in [4.69, 9.17) is 14.4 Å². The summed E-state index contributed by atoms with van der Waals surface area (Å²) in [6.45, 7) is 4.84. The number of hydrogen-bond acceptors (Lipinski definition) is 3. The summed E-state index contributed by atoms with van der Waals surface area (Å²) in [6.07, 6.45) is 0. The van der Waals surface area contributed by atoms with Crippen molar-refractivity contribution >= 4 is 62.3 Å². The second-order valence-corrected chi connectivity index (χ2v) is 17.2. The van der Waals surface area contributed by atoms with Crippen LogP contribution in [0.5, 0.6) is 0 Å². The molecule has 0 N–H and O–H groups in total. The summed E-state index contributed by atoms with van der Waals surface area (Å²) in [5.74, 6) is 0.771. The van der Waals surface area contributed by atoms with Gasteiger partial charge < -0.3 is 8.98 Å². The first-order chi connectivity index (χ1) is 23.1. The number of nitrogens with zero attached hydrogens (tertiary/aromatic N) is 3. The van der Waals surface area contributed by atoms with Crippen molar-refractivity contribution in [3.8, 4) is 39.5 Å². The summed E-state index contributed by atoms with van der Waals surface area (Å²) in [6, 6.07) is 49.4. The van der Waals surface area contributed by atoms with Gasteiger partial charge in [0.2, 0.25) is 0 Å². The van der Waals surface area contributed by atoms with Crippen LogP contribution in [0.3, 0.4) is 0 Å². The van der Waals surface area contributed by atoms with E-state index in [0.29, 0.717) is 0 Å². The topological polar surface area (TPSA) is 43.9 Å². The van der Waals surface area contributed by atoms with Gasteiger partial charge in [-0.15, -0.1) is 0 Å². The number of fused-ring (bicyclic) bond motifs is 10. The molecule has 0 spiro atoms. The molecule has 4 heterocycles. The van der Waals surface area contributed by atoms with Crippen molar-refractivity contribution in [3.05, 3.63) is 140 Å². The first kappa shape index (κ1) is 26.4. The van der Waals surface area contributed by atoms with Crippen molar-refractivity contribution in [3.63, 3.8) is 0 Å². The van der Waals surface area contributed by atoms with Crippen molar-refractivity contribution in [2.75, 3.05) is 0 Å². The molecule has 0 saturated heterocycles. The Morgan fingerprint density at radius 3 is 2.15 bits per heavy atom. The lowest BCUT2D eigenvalue weighted by molar-refractivity contribution is 0.669. The molecule has 0 atom stereocenters. The Morgan fingerprint density at radius 2 is 1.28 bits per heavy atom. The normalized spacial score (nSPS) is 13.5. The molecule has 0 radical (unpaired) electrons. The third-order valence-electron chi connectivity index (χ3n) is 9.98. The first-order valence-electron chi connectivity index (χ1n) is 16.1. The van der Waals surface area contributed by atoms with Gasteiger partial charge in [0.1, 0.15) is 19.2 Å². The summed E-state index contributed by atoms with van der Waals surface area (Å²) in [5.41, 5.74) is 10.7. The van der Waals surface area contributed by atoms with E-state index in [2.05, 4.69) is 145 Å². The summed E-state index contributed by atoms with van der Waals surface area (Å²) < 4.78 is 8.86. The second-order valence-electron chi connectivity index (χ2n) is 13.0. The molecule has 0 amide bonds.